The van der Waals surface area contributed by atoms with E-state index in [0.29, 0.717) is 24.1 Å². The average molecular weight is 326 g/mol. The molecule has 0 saturated heterocycles. The number of aromatic amines is 1. The lowest BCUT2D eigenvalue weighted by Crippen LogP contribution is -2.36. The highest BCUT2D eigenvalue weighted by atomic mass is 16.4. The third-order valence-corrected chi connectivity index (χ3v) is 3.32. The minimum Gasteiger partial charge on any atom is -0.480 e. The van der Waals surface area contributed by atoms with Crippen LogP contribution in [0.3, 0.4) is 0 Å². The number of nitrogens with one attached hydrogen (secondary N) is 1. The Morgan fingerprint density at radius 3 is 2.57 bits per heavy atom. The standard InChI is InChI=1S/C7H8N4O2.C6H14N2O2/c1-10-5-4(8-3-9-5)6(12)11(2)7(10)13;7-4-2-1-3-5(8)6(9)10/h3H,1-2H3,(H,8,9);5H,1-4,7-8H2,(H,9,10)/t;5-/m.0/s1. The van der Waals surface area contributed by atoms with Crippen LogP contribution in [0.1, 0.15) is 19.3 Å². The van der Waals surface area contributed by atoms with Gasteiger partial charge in [-0.15, -0.1) is 0 Å². The fraction of sp³-hybridized carbons (Fsp3) is 0.538. The third kappa shape index (κ3) is 4.50. The number of carbonyl (C=O) groups is 1. The van der Waals surface area contributed by atoms with Gasteiger partial charge in [0.15, 0.2) is 5.65 Å². The number of carboxylic acid groups (broad SMARTS) is 1. The zero-order chi connectivity index (χ0) is 17.6. The molecule has 0 bridgehead atoms. The molecule has 0 radical (unpaired) electrons. The fourth-order valence-electron chi connectivity index (χ4n) is 1.90. The van der Waals surface area contributed by atoms with Crippen LogP contribution < -0.4 is 22.7 Å². The first-order chi connectivity index (χ1) is 10.8. The SMILES string of the molecule is Cn1c(=O)c2[nH]cnc2n(C)c1=O.NCCCC[C@H](N)C(=O)O. The molecule has 0 aliphatic heterocycles. The molecule has 10 heteroatoms. The van der Waals surface area contributed by atoms with Crippen LogP contribution >= 0.6 is 0 Å². The molecule has 10 nitrogen and oxygen atoms in total. The molecule has 0 fully saturated rings. The minimum atomic E-state index is -0.933. The normalized spacial score (nSPS) is 11.8. The zero-order valence-electron chi connectivity index (χ0n) is 13.2. The first-order valence-corrected chi connectivity index (χ1v) is 7.08. The number of imidazole rings is 1. The highest BCUT2D eigenvalue weighted by Crippen LogP contribution is 1.97. The van der Waals surface area contributed by atoms with Gasteiger partial charge in [0.05, 0.1) is 6.33 Å². The molecule has 128 valence electrons. The summed E-state index contributed by atoms with van der Waals surface area (Å²) in [6, 6.07) is -0.716. The van der Waals surface area contributed by atoms with E-state index in [1.165, 1.54) is 17.9 Å². The average Bonchev–Trinajstić information content (AvgIpc) is 3.01. The number of carboxylic acids is 1. The van der Waals surface area contributed by atoms with E-state index in [2.05, 4.69) is 9.97 Å². The molecule has 2 heterocycles. The smallest absolute Gasteiger partial charge is 0.332 e. The van der Waals surface area contributed by atoms with Crippen LogP contribution in [-0.2, 0) is 18.9 Å². The van der Waals surface area contributed by atoms with E-state index < -0.39 is 12.0 Å². The summed E-state index contributed by atoms with van der Waals surface area (Å²) in [5.41, 5.74) is 10.4. The summed E-state index contributed by atoms with van der Waals surface area (Å²) in [5, 5.41) is 8.33. The lowest BCUT2D eigenvalue weighted by molar-refractivity contribution is -0.138. The second-order valence-corrected chi connectivity index (χ2v) is 5.04. The number of H-pyrrole nitrogens is 1. The summed E-state index contributed by atoms with van der Waals surface area (Å²) in [5.74, 6) is -0.933. The number of unbranched alkanes of at least 4 members (excludes halogenated alkanes) is 1. The Kier molecular flexibility index (Phi) is 6.66. The minimum absolute atomic E-state index is 0.351. The number of aromatic nitrogens is 4. The predicted octanol–water partition coefficient (Wildman–Crippen LogP) is -1.51. The molecule has 6 N–H and O–H groups in total. The van der Waals surface area contributed by atoms with Gasteiger partial charge in [-0.2, -0.15) is 0 Å². The van der Waals surface area contributed by atoms with E-state index in [9.17, 15) is 14.4 Å². The number of aryl methyl sites for hydroxylation is 1. The highest BCUT2D eigenvalue weighted by molar-refractivity contribution is 5.72. The van der Waals surface area contributed by atoms with Gasteiger partial charge in [-0.25, -0.2) is 9.78 Å². The highest BCUT2D eigenvalue weighted by Gasteiger charge is 2.09. The molecule has 2 aromatic rings. The fourth-order valence-corrected chi connectivity index (χ4v) is 1.90. The molecule has 0 aliphatic rings. The van der Waals surface area contributed by atoms with Crippen molar-refractivity contribution in [2.75, 3.05) is 6.54 Å². The van der Waals surface area contributed by atoms with Crippen molar-refractivity contribution in [3.05, 3.63) is 27.2 Å². The van der Waals surface area contributed by atoms with Gasteiger partial charge in [-0.05, 0) is 19.4 Å². The largest absolute Gasteiger partial charge is 0.480 e. The molecule has 0 aromatic carbocycles. The van der Waals surface area contributed by atoms with Crippen LogP contribution in [0.4, 0.5) is 0 Å². The summed E-state index contributed by atoms with van der Waals surface area (Å²) in [7, 11) is 3.01. The number of fused-ring (bicyclic) bond motifs is 1. The number of nitrogens with two attached hydrogens (primary N) is 2. The van der Waals surface area contributed by atoms with Crippen molar-refractivity contribution in [2.24, 2.45) is 25.6 Å². The Bertz CT molecular complexity index is 775. The van der Waals surface area contributed by atoms with Gasteiger partial charge in [0, 0.05) is 14.1 Å². The molecular weight excluding hydrogens is 304 g/mol. The number of hydrogen-bond donors (Lipinski definition) is 4. The van der Waals surface area contributed by atoms with Crippen LogP contribution in [0.5, 0.6) is 0 Å². The molecular formula is C13H22N6O4. The van der Waals surface area contributed by atoms with E-state index in [4.69, 9.17) is 16.6 Å². The molecule has 0 unspecified atom stereocenters. The first kappa shape index (κ1) is 18.6. The van der Waals surface area contributed by atoms with Gasteiger partial charge in [-0.1, -0.05) is 6.42 Å². The number of rotatable bonds is 5. The monoisotopic (exact) mass is 326 g/mol. The molecule has 0 spiro atoms. The van der Waals surface area contributed by atoms with Gasteiger partial charge in [0.2, 0.25) is 0 Å². The van der Waals surface area contributed by atoms with Crippen molar-refractivity contribution in [1.82, 2.24) is 19.1 Å². The van der Waals surface area contributed by atoms with Crippen molar-refractivity contribution >= 4 is 17.1 Å². The molecule has 1 atom stereocenters. The number of hydrogen-bond acceptors (Lipinski definition) is 6. The summed E-state index contributed by atoms with van der Waals surface area (Å²) in [4.78, 5) is 39.5. The van der Waals surface area contributed by atoms with E-state index in [0.717, 1.165) is 17.4 Å². The lowest BCUT2D eigenvalue weighted by atomic mass is 10.1. The quantitative estimate of drug-likeness (QED) is 0.485. The van der Waals surface area contributed by atoms with Crippen LogP contribution in [0.15, 0.2) is 15.9 Å². The summed E-state index contributed by atoms with van der Waals surface area (Å²) < 4.78 is 2.37. The second-order valence-electron chi connectivity index (χ2n) is 5.04. The Morgan fingerprint density at radius 2 is 2.00 bits per heavy atom. The molecule has 0 amide bonds. The molecule has 0 aliphatic carbocycles. The molecule has 0 saturated carbocycles. The maximum Gasteiger partial charge on any atom is 0.332 e. The van der Waals surface area contributed by atoms with Crippen LogP contribution in [0.2, 0.25) is 0 Å². The number of nitrogens with zero attached hydrogens (tertiary/aromatic N) is 3. The Hall–Kier alpha value is -2.46. The zero-order valence-corrected chi connectivity index (χ0v) is 13.2. The molecule has 23 heavy (non-hydrogen) atoms. The van der Waals surface area contributed by atoms with E-state index >= 15 is 0 Å². The Labute approximate surface area is 131 Å². The lowest BCUT2D eigenvalue weighted by Gasteiger charge is -2.03. The van der Waals surface area contributed by atoms with Crippen molar-refractivity contribution in [1.29, 1.82) is 0 Å². The predicted molar refractivity (Wildman–Crippen MR) is 85.1 cm³/mol. The summed E-state index contributed by atoms with van der Waals surface area (Å²) in [6.45, 7) is 0.604. The van der Waals surface area contributed by atoms with E-state index in [-0.39, 0.29) is 11.2 Å². The van der Waals surface area contributed by atoms with Gasteiger partial charge in [0.1, 0.15) is 11.6 Å². The first-order valence-electron chi connectivity index (χ1n) is 7.08. The van der Waals surface area contributed by atoms with Gasteiger partial charge in [0.25, 0.3) is 5.56 Å². The Balaban J connectivity index is 0.000000241. The maximum atomic E-state index is 11.4. The third-order valence-electron chi connectivity index (χ3n) is 3.32. The van der Waals surface area contributed by atoms with Crippen LogP contribution in [-0.4, -0.2) is 42.8 Å². The maximum absolute atomic E-state index is 11.4. The van der Waals surface area contributed by atoms with Crippen LogP contribution in [0, 0.1) is 0 Å². The van der Waals surface area contributed by atoms with E-state index in [1.807, 2.05) is 0 Å². The molecule has 2 aromatic heterocycles. The van der Waals surface area contributed by atoms with Crippen molar-refractivity contribution in [2.45, 2.75) is 25.3 Å². The van der Waals surface area contributed by atoms with Crippen molar-refractivity contribution in [3.8, 4) is 0 Å². The Morgan fingerprint density at radius 1 is 1.35 bits per heavy atom. The van der Waals surface area contributed by atoms with Gasteiger partial charge >= 0.3 is 11.7 Å². The number of aliphatic carboxylic acids is 1. The second kappa shape index (κ2) is 8.25. The topological polar surface area (TPSA) is 162 Å². The van der Waals surface area contributed by atoms with Crippen molar-refractivity contribution in [3.63, 3.8) is 0 Å². The van der Waals surface area contributed by atoms with Crippen LogP contribution in [0.25, 0.3) is 11.2 Å². The van der Waals surface area contributed by atoms with Crippen molar-refractivity contribution < 1.29 is 9.90 Å². The summed E-state index contributed by atoms with van der Waals surface area (Å²) >= 11 is 0. The van der Waals surface area contributed by atoms with Gasteiger partial charge in [-0.3, -0.25) is 18.7 Å². The van der Waals surface area contributed by atoms with E-state index in [1.54, 1.807) is 7.05 Å². The molecule has 2 rings (SSSR count). The van der Waals surface area contributed by atoms with Gasteiger partial charge < -0.3 is 21.6 Å². The summed E-state index contributed by atoms with van der Waals surface area (Å²) in [6.07, 6.45) is 3.56.